The normalized spacial score (nSPS) is 19.5. The van der Waals surface area contributed by atoms with Crippen molar-refractivity contribution in [2.75, 3.05) is 19.7 Å². The Bertz CT molecular complexity index is 479. The second-order valence-corrected chi connectivity index (χ2v) is 5.76. The van der Waals surface area contributed by atoms with Gasteiger partial charge in [0.2, 0.25) is 0 Å². The fourth-order valence-corrected chi connectivity index (χ4v) is 2.62. The topological polar surface area (TPSA) is 50.4 Å². The minimum absolute atomic E-state index is 0. The highest BCUT2D eigenvalue weighted by Crippen LogP contribution is 2.22. The number of hydrogen-bond acceptors (Lipinski definition) is 3. The van der Waals surface area contributed by atoms with E-state index in [2.05, 4.69) is 10.6 Å². The smallest absolute Gasteiger partial charge is 0.250 e. The monoisotopic (exact) mass is 352 g/mol. The first-order valence-electron chi connectivity index (χ1n) is 6.63. The van der Waals surface area contributed by atoms with Gasteiger partial charge in [-0.25, -0.2) is 0 Å². The fraction of sp³-hybridized carbons (Fsp3) is 0.500. The number of hydrogen-bond donors (Lipinski definition) is 2. The van der Waals surface area contributed by atoms with Crippen LogP contribution in [0.15, 0.2) is 18.2 Å². The quantitative estimate of drug-likeness (QED) is 0.874. The van der Waals surface area contributed by atoms with Crippen molar-refractivity contribution in [3.8, 4) is 0 Å². The fourth-order valence-electron chi connectivity index (χ4n) is 2.14. The molecule has 0 aromatic heterocycles. The van der Waals surface area contributed by atoms with E-state index in [1.165, 1.54) is 0 Å². The molecule has 0 saturated carbocycles. The SMILES string of the molecule is CC(Cc1ccc(Cl)cc1Cl)NC(=O)C1CNCCO1.Cl. The summed E-state index contributed by atoms with van der Waals surface area (Å²) in [7, 11) is 0. The predicted molar refractivity (Wildman–Crippen MR) is 87.6 cm³/mol. The van der Waals surface area contributed by atoms with Crippen molar-refractivity contribution >= 4 is 41.5 Å². The van der Waals surface area contributed by atoms with Gasteiger partial charge < -0.3 is 15.4 Å². The Labute approximate surface area is 140 Å². The molecule has 1 aliphatic rings. The zero-order chi connectivity index (χ0) is 14.5. The van der Waals surface area contributed by atoms with Crippen molar-refractivity contribution in [2.24, 2.45) is 0 Å². The molecule has 0 bridgehead atoms. The molecule has 1 fully saturated rings. The third-order valence-corrected chi connectivity index (χ3v) is 3.74. The molecule has 0 radical (unpaired) electrons. The summed E-state index contributed by atoms with van der Waals surface area (Å²) in [6, 6.07) is 5.37. The first kappa shape index (κ1) is 18.5. The van der Waals surface area contributed by atoms with Crippen LogP contribution < -0.4 is 10.6 Å². The Hall–Kier alpha value is -0.520. The van der Waals surface area contributed by atoms with Crippen molar-refractivity contribution in [1.29, 1.82) is 0 Å². The first-order valence-corrected chi connectivity index (χ1v) is 7.38. The number of amides is 1. The van der Waals surface area contributed by atoms with E-state index in [0.29, 0.717) is 29.6 Å². The molecule has 4 nitrogen and oxygen atoms in total. The van der Waals surface area contributed by atoms with Crippen molar-refractivity contribution in [3.05, 3.63) is 33.8 Å². The van der Waals surface area contributed by atoms with Crippen LogP contribution in [0.4, 0.5) is 0 Å². The average molecular weight is 354 g/mol. The molecule has 2 atom stereocenters. The van der Waals surface area contributed by atoms with E-state index in [-0.39, 0.29) is 24.4 Å². The van der Waals surface area contributed by atoms with E-state index >= 15 is 0 Å². The van der Waals surface area contributed by atoms with E-state index in [1.807, 2.05) is 13.0 Å². The van der Waals surface area contributed by atoms with Crippen LogP contribution in [0.2, 0.25) is 10.0 Å². The zero-order valence-corrected chi connectivity index (χ0v) is 14.0. The van der Waals surface area contributed by atoms with Crippen LogP contribution in [0, 0.1) is 0 Å². The molecule has 2 unspecified atom stereocenters. The third-order valence-electron chi connectivity index (χ3n) is 3.15. The number of halogens is 3. The first-order chi connectivity index (χ1) is 9.56. The van der Waals surface area contributed by atoms with Gasteiger partial charge in [-0.3, -0.25) is 4.79 Å². The Morgan fingerprint density at radius 2 is 2.29 bits per heavy atom. The van der Waals surface area contributed by atoms with Gasteiger partial charge in [0, 0.05) is 29.2 Å². The molecule has 7 heteroatoms. The second-order valence-electron chi connectivity index (χ2n) is 4.91. The number of ether oxygens (including phenoxy) is 1. The molecule has 1 aliphatic heterocycles. The van der Waals surface area contributed by atoms with Crippen molar-refractivity contribution < 1.29 is 9.53 Å². The molecule has 118 valence electrons. The highest BCUT2D eigenvalue weighted by Gasteiger charge is 2.23. The summed E-state index contributed by atoms with van der Waals surface area (Å²) in [6.07, 6.45) is 0.244. The highest BCUT2D eigenvalue weighted by molar-refractivity contribution is 6.35. The van der Waals surface area contributed by atoms with Crippen LogP contribution in [0.3, 0.4) is 0 Å². The largest absolute Gasteiger partial charge is 0.366 e. The summed E-state index contributed by atoms with van der Waals surface area (Å²) in [4.78, 5) is 12.0. The van der Waals surface area contributed by atoms with Crippen molar-refractivity contribution in [3.63, 3.8) is 0 Å². The molecule has 1 saturated heterocycles. The van der Waals surface area contributed by atoms with E-state index in [9.17, 15) is 4.79 Å². The number of benzene rings is 1. The minimum atomic E-state index is -0.410. The summed E-state index contributed by atoms with van der Waals surface area (Å²) < 4.78 is 5.41. The van der Waals surface area contributed by atoms with E-state index in [4.69, 9.17) is 27.9 Å². The van der Waals surface area contributed by atoms with Crippen LogP contribution in [-0.2, 0) is 16.0 Å². The van der Waals surface area contributed by atoms with Gasteiger partial charge in [-0.15, -0.1) is 12.4 Å². The molecule has 1 aromatic rings. The van der Waals surface area contributed by atoms with Gasteiger partial charge in [0.25, 0.3) is 5.91 Å². The van der Waals surface area contributed by atoms with Gasteiger partial charge in [-0.1, -0.05) is 29.3 Å². The van der Waals surface area contributed by atoms with E-state index < -0.39 is 6.10 Å². The van der Waals surface area contributed by atoms with Crippen LogP contribution in [0.5, 0.6) is 0 Å². The summed E-state index contributed by atoms with van der Waals surface area (Å²) >= 11 is 12.0. The Morgan fingerprint density at radius 1 is 1.52 bits per heavy atom. The average Bonchev–Trinajstić information content (AvgIpc) is 2.43. The van der Waals surface area contributed by atoms with Crippen molar-refractivity contribution in [1.82, 2.24) is 10.6 Å². The summed E-state index contributed by atoms with van der Waals surface area (Å²) in [5, 5.41) is 7.30. The molecule has 2 rings (SSSR count). The number of morpholine rings is 1. The van der Waals surface area contributed by atoms with E-state index in [0.717, 1.165) is 12.1 Å². The number of carbonyl (C=O) groups is 1. The number of nitrogens with one attached hydrogen (secondary N) is 2. The van der Waals surface area contributed by atoms with Gasteiger partial charge in [0.1, 0.15) is 6.10 Å². The lowest BCUT2D eigenvalue weighted by Gasteiger charge is -2.24. The molecule has 0 spiro atoms. The molecule has 21 heavy (non-hydrogen) atoms. The number of rotatable bonds is 4. The predicted octanol–water partition coefficient (Wildman–Crippen LogP) is 2.45. The lowest BCUT2D eigenvalue weighted by Crippen LogP contribution is -2.50. The standard InChI is InChI=1S/C14H18Cl2N2O2.ClH/c1-9(6-10-2-3-11(15)7-12(10)16)18-14(19)13-8-17-4-5-20-13;/h2-3,7,9,13,17H,4-6,8H2,1H3,(H,18,19);1H. The summed E-state index contributed by atoms with van der Waals surface area (Å²) in [5.74, 6) is -0.0882. The van der Waals surface area contributed by atoms with Gasteiger partial charge in [0.15, 0.2) is 0 Å². The number of carbonyl (C=O) groups excluding carboxylic acids is 1. The van der Waals surface area contributed by atoms with E-state index in [1.54, 1.807) is 12.1 Å². The summed E-state index contributed by atoms with van der Waals surface area (Å²) in [5.41, 5.74) is 0.964. The van der Waals surface area contributed by atoms with Gasteiger partial charge >= 0.3 is 0 Å². The lowest BCUT2D eigenvalue weighted by atomic mass is 10.1. The molecule has 1 amide bonds. The van der Waals surface area contributed by atoms with Crippen LogP contribution >= 0.6 is 35.6 Å². The lowest BCUT2D eigenvalue weighted by molar-refractivity contribution is -0.134. The van der Waals surface area contributed by atoms with Gasteiger partial charge in [-0.05, 0) is 31.0 Å². The molecular weight excluding hydrogens is 335 g/mol. The zero-order valence-electron chi connectivity index (χ0n) is 11.7. The molecular formula is C14H19Cl3N2O2. The Balaban J connectivity index is 0.00000220. The molecule has 2 N–H and O–H groups in total. The highest BCUT2D eigenvalue weighted by atomic mass is 35.5. The maximum atomic E-state index is 12.0. The molecule has 0 aliphatic carbocycles. The molecule has 1 aromatic carbocycles. The summed E-state index contributed by atoms with van der Waals surface area (Å²) in [6.45, 7) is 3.86. The van der Waals surface area contributed by atoms with Gasteiger partial charge in [0.05, 0.1) is 6.61 Å². The van der Waals surface area contributed by atoms with Crippen LogP contribution in [0.1, 0.15) is 12.5 Å². The third kappa shape index (κ3) is 5.64. The maximum Gasteiger partial charge on any atom is 0.250 e. The van der Waals surface area contributed by atoms with Gasteiger partial charge in [-0.2, -0.15) is 0 Å². The maximum absolute atomic E-state index is 12.0. The minimum Gasteiger partial charge on any atom is -0.366 e. The van der Waals surface area contributed by atoms with Crippen LogP contribution in [0.25, 0.3) is 0 Å². The Morgan fingerprint density at radius 3 is 2.90 bits per heavy atom. The van der Waals surface area contributed by atoms with Crippen molar-refractivity contribution in [2.45, 2.75) is 25.5 Å². The Kier molecular flexibility index (Phi) is 7.77. The van der Waals surface area contributed by atoms with Crippen LogP contribution in [-0.4, -0.2) is 37.7 Å². The molecule has 1 heterocycles. The second kappa shape index (κ2) is 8.81.